The highest BCUT2D eigenvalue weighted by Crippen LogP contribution is 2.11. The summed E-state index contributed by atoms with van der Waals surface area (Å²) >= 11 is 0. The van der Waals surface area contributed by atoms with Gasteiger partial charge in [-0.25, -0.2) is 8.78 Å². The van der Waals surface area contributed by atoms with Crippen LogP contribution in [0, 0.1) is 11.6 Å². The Morgan fingerprint density at radius 1 is 1.23 bits per heavy atom. The van der Waals surface area contributed by atoms with E-state index in [9.17, 15) is 18.4 Å². The highest BCUT2D eigenvalue weighted by molar-refractivity contribution is 5.96. The maximum absolute atomic E-state index is 13.2. The van der Waals surface area contributed by atoms with Crippen molar-refractivity contribution in [1.82, 2.24) is 15.1 Å². The molecule has 0 spiro atoms. The lowest BCUT2D eigenvalue weighted by molar-refractivity contribution is -0.132. The minimum Gasteiger partial charge on any atom is -0.339 e. The van der Waals surface area contributed by atoms with Gasteiger partial charge in [0.1, 0.15) is 6.54 Å². The van der Waals surface area contributed by atoms with Crippen LogP contribution in [0.2, 0.25) is 0 Å². The lowest BCUT2D eigenvalue weighted by Crippen LogP contribution is -2.50. The maximum Gasteiger partial charge on any atom is 0.254 e. The van der Waals surface area contributed by atoms with Gasteiger partial charge in [0, 0.05) is 38.3 Å². The maximum atomic E-state index is 13.2. The Morgan fingerprint density at radius 3 is 2.50 bits per heavy atom. The van der Waals surface area contributed by atoms with Crippen LogP contribution in [0.1, 0.15) is 17.3 Å². The van der Waals surface area contributed by atoms with Crippen molar-refractivity contribution in [3.63, 3.8) is 0 Å². The van der Waals surface area contributed by atoms with Crippen LogP contribution in [-0.4, -0.2) is 60.9 Å². The SMILES string of the molecule is CCN(CC(=O)N1CCNCC1)C(=O)c1ccc(F)c(F)c1. The highest BCUT2D eigenvalue weighted by atomic mass is 19.2. The van der Waals surface area contributed by atoms with Crippen LogP contribution >= 0.6 is 0 Å². The molecule has 1 aromatic rings. The number of nitrogens with zero attached hydrogens (tertiary/aromatic N) is 2. The number of piperazine rings is 1. The topological polar surface area (TPSA) is 52.7 Å². The summed E-state index contributed by atoms with van der Waals surface area (Å²) in [7, 11) is 0. The van der Waals surface area contributed by atoms with Crippen LogP contribution in [0.5, 0.6) is 0 Å². The Balaban J connectivity index is 2.04. The molecular weight excluding hydrogens is 292 g/mol. The zero-order valence-corrected chi connectivity index (χ0v) is 12.4. The molecule has 0 saturated carbocycles. The molecule has 1 aromatic carbocycles. The molecule has 1 fully saturated rings. The Kier molecular flexibility index (Phi) is 5.43. The van der Waals surface area contributed by atoms with E-state index in [0.717, 1.165) is 25.2 Å². The second-order valence-electron chi connectivity index (χ2n) is 5.08. The Bertz CT molecular complexity index is 560. The quantitative estimate of drug-likeness (QED) is 0.897. The first kappa shape index (κ1) is 16.4. The van der Waals surface area contributed by atoms with E-state index < -0.39 is 17.5 Å². The van der Waals surface area contributed by atoms with Gasteiger partial charge >= 0.3 is 0 Å². The van der Waals surface area contributed by atoms with Crippen molar-refractivity contribution in [3.8, 4) is 0 Å². The average molecular weight is 311 g/mol. The van der Waals surface area contributed by atoms with Crippen LogP contribution in [0.3, 0.4) is 0 Å². The molecule has 0 bridgehead atoms. The van der Waals surface area contributed by atoms with E-state index in [1.54, 1.807) is 11.8 Å². The third-order valence-electron chi connectivity index (χ3n) is 3.63. The minimum absolute atomic E-state index is 0.0360. The number of rotatable bonds is 4. The van der Waals surface area contributed by atoms with Gasteiger partial charge in [-0.05, 0) is 25.1 Å². The zero-order valence-electron chi connectivity index (χ0n) is 12.4. The van der Waals surface area contributed by atoms with Gasteiger partial charge < -0.3 is 15.1 Å². The fraction of sp³-hybridized carbons (Fsp3) is 0.467. The van der Waals surface area contributed by atoms with Gasteiger partial charge in [0.15, 0.2) is 11.6 Å². The number of halogens is 2. The van der Waals surface area contributed by atoms with E-state index in [1.807, 2.05) is 0 Å². The van der Waals surface area contributed by atoms with Crippen molar-refractivity contribution in [1.29, 1.82) is 0 Å². The molecule has 5 nitrogen and oxygen atoms in total. The highest BCUT2D eigenvalue weighted by Gasteiger charge is 2.22. The average Bonchev–Trinajstić information content (AvgIpc) is 2.55. The number of benzene rings is 1. The van der Waals surface area contributed by atoms with Crippen molar-refractivity contribution in [3.05, 3.63) is 35.4 Å². The van der Waals surface area contributed by atoms with E-state index in [-0.39, 0.29) is 18.0 Å². The monoisotopic (exact) mass is 311 g/mol. The molecule has 120 valence electrons. The molecule has 2 rings (SSSR count). The first-order valence-corrected chi connectivity index (χ1v) is 7.25. The molecule has 7 heteroatoms. The molecule has 1 saturated heterocycles. The molecule has 0 radical (unpaired) electrons. The lowest BCUT2D eigenvalue weighted by atomic mass is 10.2. The van der Waals surface area contributed by atoms with E-state index in [0.29, 0.717) is 19.6 Å². The molecule has 2 amide bonds. The Labute approximate surface area is 127 Å². The fourth-order valence-electron chi connectivity index (χ4n) is 2.32. The lowest BCUT2D eigenvalue weighted by Gasteiger charge is -2.30. The number of amides is 2. The summed E-state index contributed by atoms with van der Waals surface area (Å²) in [4.78, 5) is 27.5. The number of nitrogens with one attached hydrogen (secondary N) is 1. The third kappa shape index (κ3) is 3.79. The van der Waals surface area contributed by atoms with E-state index in [1.165, 1.54) is 11.0 Å². The van der Waals surface area contributed by atoms with Gasteiger partial charge in [0.25, 0.3) is 5.91 Å². The molecule has 1 N–H and O–H groups in total. The predicted octanol–water partition coefficient (Wildman–Crippen LogP) is 0.859. The van der Waals surface area contributed by atoms with Gasteiger partial charge in [-0.3, -0.25) is 9.59 Å². The van der Waals surface area contributed by atoms with Crippen LogP contribution in [0.15, 0.2) is 18.2 Å². The molecule has 0 aliphatic carbocycles. The smallest absolute Gasteiger partial charge is 0.254 e. The summed E-state index contributed by atoms with van der Waals surface area (Å²) < 4.78 is 26.2. The van der Waals surface area contributed by atoms with Gasteiger partial charge in [-0.15, -0.1) is 0 Å². The molecule has 0 atom stereocenters. The van der Waals surface area contributed by atoms with Crippen molar-refractivity contribution in [2.75, 3.05) is 39.3 Å². The van der Waals surface area contributed by atoms with Crippen LogP contribution in [0.4, 0.5) is 8.78 Å². The standard InChI is InChI=1S/C15H19F2N3O2/c1-2-19(10-14(21)20-7-5-18-6-8-20)15(22)11-3-4-12(16)13(17)9-11/h3-4,9,18H,2,5-8,10H2,1H3. The van der Waals surface area contributed by atoms with Crippen LogP contribution in [-0.2, 0) is 4.79 Å². The minimum atomic E-state index is -1.07. The summed E-state index contributed by atoms with van der Waals surface area (Å²) in [5.74, 6) is -2.70. The number of carbonyl (C=O) groups excluding carboxylic acids is 2. The number of carbonyl (C=O) groups is 2. The predicted molar refractivity (Wildman–Crippen MR) is 77.4 cm³/mol. The first-order chi connectivity index (χ1) is 10.5. The number of likely N-dealkylation sites (N-methyl/N-ethyl adjacent to an activating group) is 1. The fourth-order valence-corrected chi connectivity index (χ4v) is 2.32. The van der Waals surface area contributed by atoms with Crippen molar-refractivity contribution in [2.24, 2.45) is 0 Å². The van der Waals surface area contributed by atoms with Gasteiger partial charge in [-0.1, -0.05) is 0 Å². The molecule has 1 aliphatic heterocycles. The zero-order chi connectivity index (χ0) is 16.1. The normalized spacial score (nSPS) is 14.8. The van der Waals surface area contributed by atoms with Gasteiger partial charge in [0.05, 0.1) is 0 Å². The first-order valence-electron chi connectivity index (χ1n) is 7.25. The Morgan fingerprint density at radius 2 is 1.91 bits per heavy atom. The molecular formula is C15H19F2N3O2. The molecule has 0 aromatic heterocycles. The third-order valence-corrected chi connectivity index (χ3v) is 3.63. The second kappa shape index (κ2) is 7.31. The summed E-state index contributed by atoms with van der Waals surface area (Å²) in [5, 5.41) is 3.15. The molecule has 1 aliphatic rings. The number of hydrogen-bond acceptors (Lipinski definition) is 3. The van der Waals surface area contributed by atoms with Gasteiger partial charge in [0.2, 0.25) is 5.91 Å². The van der Waals surface area contributed by atoms with Crippen molar-refractivity contribution in [2.45, 2.75) is 6.92 Å². The molecule has 22 heavy (non-hydrogen) atoms. The van der Waals surface area contributed by atoms with E-state index in [2.05, 4.69) is 5.32 Å². The second-order valence-corrected chi connectivity index (χ2v) is 5.08. The Hall–Kier alpha value is -2.02. The molecule has 1 heterocycles. The van der Waals surface area contributed by atoms with Gasteiger partial charge in [-0.2, -0.15) is 0 Å². The van der Waals surface area contributed by atoms with Crippen LogP contribution < -0.4 is 5.32 Å². The summed E-state index contributed by atoms with van der Waals surface area (Å²) in [6, 6.07) is 2.99. The summed E-state index contributed by atoms with van der Waals surface area (Å²) in [6.45, 7) is 4.67. The van der Waals surface area contributed by atoms with Crippen LogP contribution in [0.25, 0.3) is 0 Å². The number of hydrogen-bond donors (Lipinski definition) is 1. The largest absolute Gasteiger partial charge is 0.339 e. The molecule has 0 unspecified atom stereocenters. The summed E-state index contributed by atoms with van der Waals surface area (Å²) in [5.41, 5.74) is 0.0360. The summed E-state index contributed by atoms with van der Waals surface area (Å²) in [6.07, 6.45) is 0. The van der Waals surface area contributed by atoms with Crippen molar-refractivity contribution < 1.29 is 18.4 Å². The van der Waals surface area contributed by atoms with E-state index >= 15 is 0 Å². The van der Waals surface area contributed by atoms with E-state index in [4.69, 9.17) is 0 Å². The van der Waals surface area contributed by atoms with Crippen molar-refractivity contribution >= 4 is 11.8 Å².